The number of primary amides is 1. The second-order valence-electron chi connectivity index (χ2n) is 2.54. The van der Waals surface area contributed by atoms with Crippen LogP contribution >= 0.6 is 0 Å². The zero-order chi connectivity index (χ0) is 10.9. The standard InChI is InChI=1S/C7H8N2O4S/c8-5-3-4(1-2-6(5)10)14(12,13)7(9)11/h1-3,10H,8H2,(H2,9,11). The van der Waals surface area contributed by atoms with Crippen molar-refractivity contribution in [2.24, 2.45) is 5.73 Å². The molecule has 0 aliphatic heterocycles. The molecule has 0 spiro atoms. The van der Waals surface area contributed by atoms with E-state index in [1.165, 1.54) is 0 Å². The van der Waals surface area contributed by atoms with Crippen molar-refractivity contribution in [3.8, 4) is 5.75 Å². The Balaban J connectivity index is 3.36. The lowest BCUT2D eigenvalue weighted by Gasteiger charge is -2.02. The summed E-state index contributed by atoms with van der Waals surface area (Å²) >= 11 is 0. The van der Waals surface area contributed by atoms with E-state index in [1.807, 2.05) is 0 Å². The molecule has 0 unspecified atom stereocenters. The van der Waals surface area contributed by atoms with Gasteiger partial charge in [-0.05, 0) is 18.2 Å². The average Bonchev–Trinajstić information content (AvgIpc) is 2.09. The molecule has 0 aromatic heterocycles. The molecule has 1 rings (SSSR count). The quantitative estimate of drug-likeness (QED) is 0.444. The fraction of sp³-hybridized carbons (Fsp3) is 0. The maximum atomic E-state index is 11.2. The van der Waals surface area contributed by atoms with Crippen molar-refractivity contribution in [3.05, 3.63) is 18.2 Å². The van der Waals surface area contributed by atoms with Gasteiger partial charge in [-0.2, -0.15) is 0 Å². The third kappa shape index (κ3) is 1.62. The highest BCUT2D eigenvalue weighted by atomic mass is 32.2. The summed E-state index contributed by atoms with van der Waals surface area (Å²) in [5, 5.41) is 7.56. The van der Waals surface area contributed by atoms with Crippen molar-refractivity contribution >= 4 is 20.8 Å². The molecule has 6 nitrogen and oxygen atoms in total. The summed E-state index contributed by atoms with van der Waals surface area (Å²) in [6, 6.07) is 3.09. The molecule has 0 heterocycles. The van der Waals surface area contributed by atoms with E-state index in [0.717, 1.165) is 18.2 Å². The van der Waals surface area contributed by atoms with Crippen LogP contribution in [0.3, 0.4) is 0 Å². The number of rotatable bonds is 1. The number of carbonyl (C=O) groups is 1. The number of nitrogens with two attached hydrogens (primary N) is 2. The minimum atomic E-state index is -4.17. The molecule has 14 heavy (non-hydrogen) atoms. The molecule has 76 valence electrons. The molecule has 0 atom stereocenters. The maximum Gasteiger partial charge on any atom is 0.338 e. The van der Waals surface area contributed by atoms with Gasteiger partial charge >= 0.3 is 5.24 Å². The molecule has 0 fully saturated rings. The van der Waals surface area contributed by atoms with Crippen LogP contribution in [0.4, 0.5) is 10.5 Å². The number of anilines is 1. The summed E-state index contributed by atoms with van der Waals surface area (Å²) < 4.78 is 22.4. The number of phenolic OH excluding ortho intramolecular Hbond substituents is 1. The van der Waals surface area contributed by atoms with E-state index < -0.39 is 15.1 Å². The SMILES string of the molecule is NC(=O)S(=O)(=O)c1ccc(O)c(N)c1. The third-order valence-corrected chi connectivity index (χ3v) is 2.98. The van der Waals surface area contributed by atoms with E-state index >= 15 is 0 Å². The number of phenols is 1. The molecule has 0 aliphatic carbocycles. The topological polar surface area (TPSA) is 123 Å². The fourth-order valence-electron chi connectivity index (χ4n) is 0.816. The zero-order valence-corrected chi connectivity index (χ0v) is 7.78. The Morgan fingerprint density at radius 3 is 2.36 bits per heavy atom. The molecule has 0 radical (unpaired) electrons. The molecule has 0 bridgehead atoms. The van der Waals surface area contributed by atoms with Crippen LogP contribution < -0.4 is 11.5 Å². The second-order valence-corrected chi connectivity index (χ2v) is 4.42. The Morgan fingerprint density at radius 1 is 1.36 bits per heavy atom. The van der Waals surface area contributed by atoms with Crippen molar-refractivity contribution in [1.82, 2.24) is 0 Å². The molecule has 0 saturated carbocycles. The lowest BCUT2D eigenvalue weighted by atomic mass is 10.3. The van der Waals surface area contributed by atoms with Crippen LogP contribution in [0.2, 0.25) is 0 Å². The van der Waals surface area contributed by atoms with Crippen molar-refractivity contribution in [1.29, 1.82) is 0 Å². The predicted molar refractivity (Wildman–Crippen MR) is 49.3 cm³/mol. The normalized spacial score (nSPS) is 11.1. The van der Waals surface area contributed by atoms with Crippen LogP contribution in [0.1, 0.15) is 0 Å². The van der Waals surface area contributed by atoms with Crippen LogP contribution in [-0.2, 0) is 9.84 Å². The number of hydrogen-bond acceptors (Lipinski definition) is 5. The summed E-state index contributed by atoms with van der Waals surface area (Å²) in [5.41, 5.74) is 9.78. The number of hydrogen-bond donors (Lipinski definition) is 3. The van der Waals surface area contributed by atoms with Gasteiger partial charge in [0.15, 0.2) is 0 Å². The Hall–Kier alpha value is -1.76. The lowest BCUT2D eigenvalue weighted by molar-refractivity contribution is 0.265. The molecule has 7 heteroatoms. The summed E-state index contributed by atoms with van der Waals surface area (Å²) in [6.07, 6.45) is 0. The van der Waals surface area contributed by atoms with Gasteiger partial charge in [-0.1, -0.05) is 0 Å². The molecule has 1 aromatic carbocycles. The van der Waals surface area contributed by atoms with Gasteiger partial charge in [0.2, 0.25) is 0 Å². The van der Waals surface area contributed by atoms with E-state index in [9.17, 15) is 13.2 Å². The number of aromatic hydroxyl groups is 1. The fourth-order valence-corrected chi connectivity index (χ4v) is 1.58. The van der Waals surface area contributed by atoms with Gasteiger partial charge < -0.3 is 16.6 Å². The van der Waals surface area contributed by atoms with E-state index in [-0.39, 0.29) is 16.3 Å². The number of amides is 1. The first kappa shape index (κ1) is 10.3. The molecule has 1 amide bonds. The van der Waals surface area contributed by atoms with E-state index in [0.29, 0.717) is 0 Å². The Kier molecular flexibility index (Phi) is 2.35. The summed E-state index contributed by atoms with van der Waals surface area (Å²) in [4.78, 5) is 10.2. The largest absolute Gasteiger partial charge is 0.506 e. The summed E-state index contributed by atoms with van der Waals surface area (Å²) in [7, 11) is -4.17. The third-order valence-electron chi connectivity index (χ3n) is 1.57. The van der Waals surface area contributed by atoms with Gasteiger partial charge in [-0.3, -0.25) is 4.79 Å². The van der Waals surface area contributed by atoms with Crippen LogP contribution in [0.15, 0.2) is 23.1 Å². The first-order valence-corrected chi connectivity index (χ1v) is 4.97. The monoisotopic (exact) mass is 216 g/mol. The Labute approximate surface area is 80.1 Å². The van der Waals surface area contributed by atoms with Crippen molar-refractivity contribution in [2.45, 2.75) is 4.90 Å². The molecule has 0 saturated heterocycles. The smallest absolute Gasteiger partial charge is 0.338 e. The van der Waals surface area contributed by atoms with Crippen LogP contribution in [0, 0.1) is 0 Å². The zero-order valence-electron chi connectivity index (χ0n) is 6.97. The molecular formula is C7H8N2O4S. The number of sulfone groups is 1. The van der Waals surface area contributed by atoms with Gasteiger partial charge in [-0.25, -0.2) is 8.42 Å². The minimum Gasteiger partial charge on any atom is -0.506 e. The first-order valence-electron chi connectivity index (χ1n) is 3.48. The lowest BCUT2D eigenvalue weighted by Crippen LogP contribution is -2.21. The highest BCUT2D eigenvalue weighted by molar-refractivity contribution is 8.06. The van der Waals surface area contributed by atoms with Crippen molar-refractivity contribution < 1.29 is 18.3 Å². The van der Waals surface area contributed by atoms with Crippen molar-refractivity contribution in [2.75, 3.05) is 5.73 Å². The molecule has 1 aromatic rings. The second kappa shape index (κ2) is 3.18. The number of benzene rings is 1. The highest BCUT2D eigenvalue weighted by Crippen LogP contribution is 2.23. The van der Waals surface area contributed by atoms with Crippen LogP contribution in [0.25, 0.3) is 0 Å². The Bertz CT molecular complexity index is 480. The van der Waals surface area contributed by atoms with Gasteiger partial charge in [0, 0.05) is 0 Å². The minimum absolute atomic E-state index is 0.132. The van der Waals surface area contributed by atoms with Crippen LogP contribution in [0.5, 0.6) is 5.75 Å². The highest BCUT2D eigenvalue weighted by Gasteiger charge is 2.21. The van der Waals surface area contributed by atoms with Gasteiger partial charge in [0.1, 0.15) is 5.75 Å². The van der Waals surface area contributed by atoms with Gasteiger partial charge in [-0.15, -0.1) is 0 Å². The summed E-state index contributed by atoms with van der Waals surface area (Å²) in [6.45, 7) is 0. The predicted octanol–water partition coefficient (Wildman–Crippen LogP) is -0.173. The van der Waals surface area contributed by atoms with Gasteiger partial charge in [0.25, 0.3) is 9.84 Å². The number of carbonyl (C=O) groups excluding carboxylic acids is 1. The van der Waals surface area contributed by atoms with Crippen molar-refractivity contribution in [3.63, 3.8) is 0 Å². The van der Waals surface area contributed by atoms with E-state index in [1.54, 1.807) is 0 Å². The molecule has 5 N–H and O–H groups in total. The first-order chi connectivity index (χ1) is 6.35. The Morgan fingerprint density at radius 2 is 1.93 bits per heavy atom. The van der Waals surface area contributed by atoms with E-state index in [4.69, 9.17) is 10.8 Å². The molecule has 0 aliphatic rings. The maximum absolute atomic E-state index is 11.2. The average molecular weight is 216 g/mol. The van der Waals surface area contributed by atoms with E-state index in [2.05, 4.69) is 5.73 Å². The number of nitrogen functional groups attached to an aromatic ring is 1. The van der Waals surface area contributed by atoms with Crippen LogP contribution in [-0.4, -0.2) is 18.8 Å². The summed E-state index contributed by atoms with van der Waals surface area (Å²) in [5.74, 6) is -0.256. The molecular weight excluding hydrogens is 208 g/mol. The van der Waals surface area contributed by atoms with Gasteiger partial charge in [0.05, 0.1) is 10.6 Å².